The highest BCUT2D eigenvalue weighted by Gasteiger charge is 2.46. The number of halogens is 2. The van der Waals surface area contributed by atoms with Gasteiger partial charge in [0.15, 0.2) is 0 Å². The molecule has 3 aliphatic rings. The molecule has 2 fully saturated rings. The number of fused-ring (bicyclic) bond motifs is 2. The fourth-order valence-corrected chi connectivity index (χ4v) is 6.41. The van der Waals surface area contributed by atoms with E-state index < -0.39 is 12.1 Å². The standard InChI is InChI=1S/C33H33BrClN3O5/c34-23-7-13-27(14-8-23)43-16-15-42-26-11-5-21(6-12-26)28-17-25-18-36-19-30(38(25)33(40)41)31(28)32(39)37(24-9-10-24)20-22-3-1-2-4-29(22)35/h1-8,11-14,24-25,30,36H,9-10,15-20H2,(H,40,41)/t25-,30-/m1/s1. The Morgan fingerprint density at radius 2 is 1.60 bits per heavy atom. The van der Waals surface area contributed by atoms with Gasteiger partial charge in [0, 0.05) is 40.7 Å². The Labute approximate surface area is 264 Å². The molecule has 0 unspecified atom stereocenters. The molecular weight excluding hydrogens is 634 g/mol. The van der Waals surface area contributed by atoms with Crippen molar-refractivity contribution in [3.05, 3.63) is 99.0 Å². The second-order valence-electron chi connectivity index (χ2n) is 11.0. The number of carbonyl (C=O) groups excluding carboxylic acids is 1. The largest absolute Gasteiger partial charge is 0.490 e. The molecule has 0 radical (unpaired) electrons. The molecule has 2 heterocycles. The first-order valence-corrected chi connectivity index (χ1v) is 15.7. The topological polar surface area (TPSA) is 91.3 Å². The summed E-state index contributed by atoms with van der Waals surface area (Å²) in [6.07, 6.45) is 1.29. The van der Waals surface area contributed by atoms with Gasteiger partial charge >= 0.3 is 6.09 Å². The van der Waals surface area contributed by atoms with Crippen molar-refractivity contribution in [1.82, 2.24) is 15.1 Å². The molecule has 3 aromatic carbocycles. The lowest BCUT2D eigenvalue weighted by Crippen LogP contribution is -2.63. The molecule has 0 aromatic heterocycles. The Morgan fingerprint density at radius 3 is 2.23 bits per heavy atom. The van der Waals surface area contributed by atoms with E-state index in [0.717, 1.165) is 39.8 Å². The lowest BCUT2D eigenvalue weighted by Gasteiger charge is -2.47. The molecule has 1 saturated carbocycles. The van der Waals surface area contributed by atoms with E-state index in [-0.39, 0.29) is 18.0 Å². The Kier molecular flexibility index (Phi) is 8.93. The molecule has 1 saturated heterocycles. The summed E-state index contributed by atoms with van der Waals surface area (Å²) in [6.45, 7) is 2.09. The molecule has 2 amide bonds. The van der Waals surface area contributed by atoms with Crippen molar-refractivity contribution < 1.29 is 24.2 Å². The maximum Gasteiger partial charge on any atom is 0.408 e. The second-order valence-corrected chi connectivity index (χ2v) is 12.4. The summed E-state index contributed by atoms with van der Waals surface area (Å²) in [5, 5.41) is 14.1. The highest BCUT2D eigenvalue weighted by Crippen LogP contribution is 2.40. The molecule has 0 spiro atoms. The highest BCUT2D eigenvalue weighted by atomic mass is 79.9. The molecule has 2 atom stereocenters. The van der Waals surface area contributed by atoms with Crippen LogP contribution in [0.5, 0.6) is 11.5 Å². The van der Waals surface area contributed by atoms with Crippen LogP contribution in [0.4, 0.5) is 4.79 Å². The molecule has 2 bridgehead atoms. The molecule has 8 nitrogen and oxygen atoms in total. The number of hydrogen-bond donors (Lipinski definition) is 2. The average molecular weight is 667 g/mol. The van der Waals surface area contributed by atoms with Crippen LogP contribution in [0.15, 0.2) is 82.8 Å². The number of carbonyl (C=O) groups is 2. The Balaban J connectivity index is 1.25. The van der Waals surface area contributed by atoms with Crippen LogP contribution >= 0.6 is 27.5 Å². The zero-order valence-corrected chi connectivity index (χ0v) is 25.9. The number of hydrogen-bond acceptors (Lipinski definition) is 5. The van der Waals surface area contributed by atoms with Gasteiger partial charge in [-0.1, -0.05) is 57.9 Å². The summed E-state index contributed by atoms with van der Waals surface area (Å²) >= 11 is 9.90. The van der Waals surface area contributed by atoms with Gasteiger partial charge in [0.05, 0.1) is 12.1 Å². The molecule has 43 heavy (non-hydrogen) atoms. The van der Waals surface area contributed by atoms with Gasteiger partial charge < -0.3 is 24.8 Å². The summed E-state index contributed by atoms with van der Waals surface area (Å²) < 4.78 is 12.7. The number of benzene rings is 3. The summed E-state index contributed by atoms with van der Waals surface area (Å²) in [6, 6.07) is 22.2. The van der Waals surface area contributed by atoms with E-state index in [2.05, 4.69) is 21.2 Å². The number of nitrogens with zero attached hydrogens (tertiary/aromatic N) is 2. The normalized spacial score (nSPS) is 19.6. The lowest BCUT2D eigenvalue weighted by molar-refractivity contribution is -0.129. The molecule has 1 aliphatic carbocycles. The maximum atomic E-state index is 14.5. The van der Waals surface area contributed by atoms with Crippen LogP contribution in [0.2, 0.25) is 5.02 Å². The molecule has 3 aromatic rings. The van der Waals surface area contributed by atoms with Gasteiger partial charge in [-0.3, -0.25) is 9.69 Å². The predicted octanol–water partition coefficient (Wildman–Crippen LogP) is 6.23. The fourth-order valence-electron chi connectivity index (χ4n) is 5.95. The predicted molar refractivity (Wildman–Crippen MR) is 168 cm³/mol. The first-order chi connectivity index (χ1) is 20.9. The van der Waals surface area contributed by atoms with Gasteiger partial charge in [-0.15, -0.1) is 0 Å². The molecular formula is C33H33BrClN3O5. The maximum absolute atomic E-state index is 14.5. The molecule has 2 aliphatic heterocycles. The minimum absolute atomic E-state index is 0.112. The Hall–Kier alpha value is -3.53. The van der Waals surface area contributed by atoms with Gasteiger partial charge in [-0.05, 0) is 78.4 Å². The average Bonchev–Trinajstić information content (AvgIpc) is 3.85. The third kappa shape index (κ3) is 6.69. The van der Waals surface area contributed by atoms with Crippen molar-refractivity contribution >= 4 is 45.1 Å². The van der Waals surface area contributed by atoms with Gasteiger partial charge in [0.1, 0.15) is 24.7 Å². The summed E-state index contributed by atoms with van der Waals surface area (Å²) in [5.41, 5.74) is 3.22. The van der Waals surface area contributed by atoms with E-state index in [1.165, 1.54) is 4.90 Å². The first-order valence-electron chi connectivity index (χ1n) is 14.5. The van der Waals surface area contributed by atoms with Crippen LogP contribution in [0, 0.1) is 0 Å². The smallest absolute Gasteiger partial charge is 0.408 e. The van der Waals surface area contributed by atoms with Crippen molar-refractivity contribution in [2.24, 2.45) is 0 Å². The van der Waals surface area contributed by atoms with Crippen LogP contribution in [0.25, 0.3) is 5.57 Å². The van der Waals surface area contributed by atoms with Crippen LogP contribution in [-0.4, -0.2) is 71.3 Å². The number of rotatable bonds is 10. The van der Waals surface area contributed by atoms with Gasteiger partial charge in [0.2, 0.25) is 0 Å². The number of carboxylic acid groups (broad SMARTS) is 1. The van der Waals surface area contributed by atoms with Crippen molar-refractivity contribution in [1.29, 1.82) is 0 Å². The van der Waals surface area contributed by atoms with Crippen molar-refractivity contribution in [3.63, 3.8) is 0 Å². The van der Waals surface area contributed by atoms with Crippen molar-refractivity contribution in [2.75, 3.05) is 26.3 Å². The third-order valence-electron chi connectivity index (χ3n) is 8.18. The van der Waals surface area contributed by atoms with Crippen molar-refractivity contribution in [3.8, 4) is 11.5 Å². The van der Waals surface area contributed by atoms with Gasteiger partial charge in [-0.25, -0.2) is 4.79 Å². The van der Waals surface area contributed by atoms with E-state index in [9.17, 15) is 14.7 Å². The first kappa shape index (κ1) is 29.5. The van der Waals surface area contributed by atoms with E-state index in [1.54, 1.807) is 0 Å². The zero-order chi connectivity index (χ0) is 29.9. The molecule has 2 N–H and O–H groups in total. The number of ether oxygens (including phenoxy) is 2. The van der Waals surface area contributed by atoms with E-state index in [1.807, 2.05) is 77.7 Å². The monoisotopic (exact) mass is 665 g/mol. The van der Waals surface area contributed by atoms with Gasteiger partial charge in [-0.2, -0.15) is 0 Å². The van der Waals surface area contributed by atoms with E-state index >= 15 is 0 Å². The minimum atomic E-state index is -1.00. The Morgan fingerprint density at radius 1 is 0.953 bits per heavy atom. The Bertz CT molecular complexity index is 1510. The van der Waals surface area contributed by atoms with E-state index in [0.29, 0.717) is 55.6 Å². The van der Waals surface area contributed by atoms with Crippen LogP contribution in [-0.2, 0) is 11.3 Å². The lowest BCUT2D eigenvalue weighted by atomic mass is 9.82. The fraction of sp³-hybridized carbons (Fsp3) is 0.333. The summed E-state index contributed by atoms with van der Waals surface area (Å²) in [5.74, 6) is 1.34. The number of nitrogens with one attached hydrogen (secondary N) is 1. The highest BCUT2D eigenvalue weighted by molar-refractivity contribution is 9.10. The number of amides is 2. The second kappa shape index (κ2) is 13.0. The SMILES string of the molecule is O=C(C1=C(c2ccc(OCCOc3ccc(Br)cc3)cc2)C[C@@H]2CNC[C@H]1N2C(=O)O)N(Cc1ccccc1Cl)C1CC1. The quantitative estimate of drug-likeness (QED) is 0.250. The van der Waals surface area contributed by atoms with Crippen LogP contribution < -0.4 is 14.8 Å². The third-order valence-corrected chi connectivity index (χ3v) is 9.08. The van der Waals surface area contributed by atoms with Crippen LogP contribution in [0.1, 0.15) is 30.4 Å². The zero-order valence-electron chi connectivity index (χ0n) is 23.5. The summed E-state index contributed by atoms with van der Waals surface area (Å²) in [4.78, 5) is 30.2. The molecule has 224 valence electrons. The number of piperazine rings is 1. The van der Waals surface area contributed by atoms with E-state index in [4.69, 9.17) is 21.1 Å². The minimum Gasteiger partial charge on any atom is -0.490 e. The molecule has 6 rings (SSSR count). The van der Waals surface area contributed by atoms with Gasteiger partial charge in [0.25, 0.3) is 5.91 Å². The molecule has 10 heteroatoms. The van der Waals surface area contributed by atoms with Crippen LogP contribution in [0.3, 0.4) is 0 Å². The summed E-state index contributed by atoms with van der Waals surface area (Å²) in [7, 11) is 0. The van der Waals surface area contributed by atoms with Crippen molar-refractivity contribution in [2.45, 2.75) is 43.9 Å².